The Morgan fingerprint density at radius 2 is 1.84 bits per heavy atom. The van der Waals surface area contributed by atoms with Crippen LogP contribution in [0.25, 0.3) is 11.0 Å². The number of methoxy groups -OCH3 is 1. The zero-order valence-corrected chi connectivity index (χ0v) is 17.8. The summed E-state index contributed by atoms with van der Waals surface area (Å²) in [5.74, 6) is -0.156. The third-order valence-electron chi connectivity index (χ3n) is 5.64. The molecule has 2 heterocycles. The maximum atomic E-state index is 13.5. The highest BCUT2D eigenvalue weighted by Crippen LogP contribution is 2.41. The highest BCUT2D eigenvalue weighted by Gasteiger charge is 2.43. The number of halogens is 1. The van der Waals surface area contributed by atoms with E-state index in [0.717, 1.165) is 5.56 Å². The molecule has 0 saturated carbocycles. The van der Waals surface area contributed by atoms with E-state index in [9.17, 15) is 14.7 Å². The van der Waals surface area contributed by atoms with Crippen molar-refractivity contribution in [1.29, 1.82) is 0 Å². The van der Waals surface area contributed by atoms with E-state index >= 15 is 0 Å². The van der Waals surface area contributed by atoms with Crippen LogP contribution < -0.4 is 10.2 Å². The highest BCUT2D eigenvalue weighted by atomic mass is 35.5. The van der Waals surface area contributed by atoms with Gasteiger partial charge in [-0.15, -0.1) is 0 Å². The van der Waals surface area contributed by atoms with Crippen LogP contribution in [0.2, 0.25) is 5.02 Å². The number of carbonyl (C=O) groups excluding carboxylic acids is 1. The minimum absolute atomic E-state index is 0.0118. The summed E-state index contributed by atoms with van der Waals surface area (Å²) in [4.78, 5) is 28.6. The van der Waals surface area contributed by atoms with Gasteiger partial charge >= 0.3 is 0 Å². The summed E-state index contributed by atoms with van der Waals surface area (Å²) < 4.78 is 11.2. The smallest absolute Gasteiger partial charge is 0.291 e. The number of carbonyl (C=O) groups is 1. The zero-order chi connectivity index (χ0) is 22.4. The van der Waals surface area contributed by atoms with Crippen LogP contribution in [0, 0.1) is 0 Å². The van der Waals surface area contributed by atoms with Crippen LogP contribution >= 0.6 is 11.6 Å². The second kappa shape index (κ2) is 7.73. The molecule has 1 amide bonds. The number of nitrogens with zero attached hydrogens (tertiary/aromatic N) is 1. The van der Waals surface area contributed by atoms with Crippen molar-refractivity contribution in [2.24, 2.45) is 0 Å². The molecule has 0 aliphatic carbocycles. The van der Waals surface area contributed by atoms with Crippen molar-refractivity contribution < 1.29 is 19.1 Å². The molecular weight excluding hydrogens is 430 g/mol. The van der Waals surface area contributed by atoms with E-state index < -0.39 is 6.04 Å². The van der Waals surface area contributed by atoms with E-state index in [1.807, 2.05) is 30.3 Å². The van der Waals surface area contributed by atoms with Crippen LogP contribution in [0.5, 0.6) is 11.5 Å². The summed E-state index contributed by atoms with van der Waals surface area (Å²) in [5.41, 5.74) is 1.76. The number of rotatable bonds is 4. The highest BCUT2D eigenvalue weighted by molar-refractivity contribution is 6.31. The van der Waals surface area contributed by atoms with Crippen molar-refractivity contribution in [2.75, 3.05) is 7.11 Å². The van der Waals surface area contributed by atoms with Crippen LogP contribution in [0.4, 0.5) is 0 Å². The van der Waals surface area contributed by atoms with Gasteiger partial charge in [0.15, 0.2) is 16.9 Å². The predicted molar refractivity (Wildman–Crippen MR) is 120 cm³/mol. The minimum atomic E-state index is -0.716. The fraction of sp³-hybridized carbons (Fsp3) is 0.120. The summed E-state index contributed by atoms with van der Waals surface area (Å²) >= 11 is 6.11. The lowest BCUT2D eigenvalue weighted by Crippen LogP contribution is -2.29. The van der Waals surface area contributed by atoms with E-state index in [2.05, 4.69) is 0 Å². The van der Waals surface area contributed by atoms with E-state index in [1.54, 1.807) is 35.2 Å². The number of benzene rings is 3. The first kappa shape index (κ1) is 20.2. The Hall–Kier alpha value is -3.77. The second-order valence-corrected chi connectivity index (χ2v) is 8.00. The molecule has 0 radical (unpaired) electrons. The van der Waals surface area contributed by atoms with Gasteiger partial charge in [0.05, 0.1) is 24.1 Å². The lowest BCUT2D eigenvalue weighted by atomic mass is 9.97. The van der Waals surface area contributed by atoms with Crippen LogP contribution in [0.15, 0.2) is 75.9 Å². The summed E-state index contributed by atoms with van der Waals surface area (Å²) in [6, 6.07) is 18.3. The van der Waals surface area contributed by atoms with Gasteiger partial charge in [-0.25, -0.2) is 0 Å². The Morgan fingerprint density at radius 1 is 1.06 bits per heavy atom. The molecule has 32 heavy (non-hydrogen) atoms. The Balaban J connectivity index is 1.75. The molecule has 160 valence electrons. The second-order valence-electron chi connectivity index (χ2n) is 7.57. The fourth-order valence-corrected chi connectivity index (χ4v) is 4.32. The van der Waals surface area contributed by atoms with Crippen LogP contribution in [-0.2, 0) is 6.54 Å². The molecule has 0 bridgehead atoms. The van der Waals surface area contributed by atoms with Crippen molar-refractivity contribution in [2.45, 2.75) is 12.6 Å². The summed E-state index contributed by atoms with van der Waals surface area (Å²) in [6.45, 7) is 0.272. The molecule has 0 saturated heterocycles. The van der Waals surface area contributed by atoms with Gasteiger partial charge in [0.1, 0.15) is 5.58 Å². The summed E-state index contributed by atoms with van der Waals surface area (Å²) in [6.07, 6.45) is 0. The molecule has 3 aromatic carbocycles. The van der Waals surface area contributed by atoms with E-state index in [4.69, 9.17) is 20.8 Å². The number of phenols is 1. The maximum Gasteiger partial charge on any atom is 0.291 e. The van der Waals surface area contributed by atoms with Gasteiger partial charge in [0.25, 0.3) is 5.91 Å². The third-order valence-corrected chi connectivity index (χ3v) is 5.88. The molecule has 0 fully saturated rings. The lowest BCUT2D eigenvalue weighted by molar-refractivity contribution is 0.0714. The van der Waals surface area contributed by atoms with E-state index in [-0.39, 0.29) is 40.7 Å². The normalized spacial score (nSPS) is 15.2. The van der Waals surface area contributed by atoms with Crippen molar-refractivity contribution >= 4 is 28.5 Å². The minimum Gasteiger partial charge on any atom is -0.504 e. The molecule has 0 unspecified atom stereocenters. The zero-order valence-electron chi connectivity index (χ0n) is 17.0. The number of aromatic hydroxyl groups is 1. The predicted octanol–water partition coefficient (Wildman–Crippen LogP) is 4.91. The fourth-order valence-electron chi connectivity index (χ4n) is 4.15. The van der Waals surface area contributed by atoms with Crippen LogP contribution in [0.1, 0.15) is 33.3 Å². The number of amides is 1. The van der Waals surface area contributed by atoms with E-state index in [1.165, 1.54) is 13.2 Å². The average molecular weight is 448 g/mol. The summed E-state index contributed by atoms with van der Waals surface area (Å²) in [5, 5.41) is 10.8. The lowest BCUT2D eigenvalue weighted by Gasteiger charge is -2.25. The molecule has 4 aromatic rings. The molecule has 1 atom stereocenters. The van der Waals surface area contributed by atoms with Crippen molar-refractivity contribution in [3.8, 4) is 11.5 Å². The van der Waals surface area contributed by atoms with Crippen molar-refractivity contribution in [3.05, 3.63) is 104 Å². The van der Waals surface area contributed by atoms with Crippen LogP contribution in [-0.4, -0.2) is 23.0 Å². The molecule has 1 aliphatic rings. The molecular formula is C25H18ClNO5. The molecule has 1 aromatic heterocycles. The van der Waals surface area contributed by atoms with Gasteiger partial charge in [-0.05, 0) is 41.5 Å². The molecule has 1 aliphatic heterocycles. The molecule has 1 N–H and O–H groups in total. The number of phenolic OH excluding ortho intramolecular Hbond substituents is 1. The van der Waals surface area contributed by atoms with Crippen molar-refractivity contribution in [3.63, 3.8) is 0 Å². The Morgan fingerprint density at radius 3 is 2.59 bits per heavy atom. The monoisotopic (exact) mass is 447 g/mol. The number of hydrogen-bond acceptors (Lipinski definition) is 5. The summed E-state index contributed by atoms with van der Waals surface area (Å²) in [7, 11) is 1.44. The van der Waals surface area contributed by atoms with Gasteiger partial charge < -0.3 is 19.2 Å². The largest absolute Gasteiger partial charge is 0.504 e. The topological polar surface area (TPSA) is 80.0 Å². The SMILES string of the molecule is COc1cc([C@@H]2c3c(oc4ccc(Cl)cc4c3=O)C(=O)N2Cc2ccccc2)ccc1O. The molecule has 0 spiro atoms. The molecule has 5 rings (SSSR count). The van der Waals surface area contributed by atoms with Gasteiger partial charge in [0.2, 0.25) is 5.76 Å². The van der Waals surface area contributed by atoms with Gasteiger partial charge in [-0.1, -0.05) is 48.0 Å². The quantitative estimate of drug-likeness (QED) is 0.481. The number of fused-ring (bicyclic) bond motifs is 2. The number of hydrogen-bond donors (Lipinski definition) is 1. The number of ether oxygens (including phenoxy) is 1. The van der Waals surface area contributed by atoms with Gasteiger partial charge in [0, 0.05) is 11.6 Å². The average Bonchev–Trinajstić information content (AvgIpc) is 3.07. The van der Waals surface area contributed by atoms with E-state index in [0.29, 0.717) is 21.6 Å². The Labute approximate surface area is 188 Å². The Kier molecular flexibility index (Phi) is 4.87. The Bertz CT molecular complexity index is 1410. The van der Waals surface area contributed by atoms with Gasteiger partial charge in [-0.3, -0.25) is 9.59 Å². The molecule has 6 nitrogen and oxygen atoms in total. The first-order chi connectivity index (χ1) is 15.5. The first-order valence-electron chi connectivity index (χ1n) is 9.96. The van der Waals surface area contributed by atoms with Crippen LogP contribution in [0.3, 0.4) is 0 Å². The van der Waals surface area contributed by atoms with Gasteiger partial charge in [-0.2, -0.15) is 0 Å². The van der Waals surface area contributed by atoms with Crippen molar-refractivity contribution in [1.82, 2.24) is 4.90 Å². The maximum absolute atomic E-state index is 13.5. The molecule has 7 heteroatoms. The first-order valence-corrected chi connectivity index (χ1v) is 10.3. The third kappa shape index (κ3) is 3.20. The standard InChI is InChI=1S/C25H18ClNO5/c1-31-20-11-15(7-9-18(20)28)22-21-23(29)17-12-16(26)8-10-19(17)32-24(21)25(30)27(22)13-14-5-3-2-4-6-14/h2-12,22,28H,13H2,1H3/t22-/m1/s1.